The number of hydrogen-bond donors (Lipinski definition) is 0. The summed E-state index contributed by atoms with van der Waals surface area (Å²) in [5.74, 6) is -4.28. The second kappa shape index (κ2) is 41.3. The molecule has 354 valence electrons. The highest BCUT2D eigenvalue weighted by atomic mass is 79.9. The van der Waals surface area contributed by atoms with E-state index in [1.165, 1.54) is 122 Å². The van der Waals surface area contributed by atoms with Gasteiger partial charge in [-0.3, -0.25) is 4.79 Å². The molecule has 0 saturated carbocycles. The lowest BCUT2D eigenvalue weighted by molar-refractivity contribution is -0.870. The molecule has 0 aliphatic carbocycles. The van der Waals surface area contributed by atoms with Crippen LogP contribution < -0.4 is 17.0 Å². The lowest BCUT2D eigenvalue weighted by Gasteiger charge is -2.33. The molecule has 59 heavy (non-hydrogen) atoms. The van der Waals surface area contributed by atoms with Crippen LogP contribution >= 0.6 is 0 Å². The second-order valence-corrected chi connectivity index (χ2v) is 19.3. The van der Waals surface area contributed by atoms with E-state index in [2.05, 4.69) is 53.7 Å². The molecule has 0 N–H and O–H groups in total. The number of halogens is 3. The van der Waals surface area contributed by atoms with Gasteiger partial charge in [0.2, 0.25) is 5.91 Å². The number of rotatable bonds is 44. The van der Waals surface area contributed by atoms with Crippen LogP contribution in [0.1, 0.15) is 259 Å². The Morgan fingerprint density at radius 2 is 0.898 bits per heavy atom. The molecule has 0 aromatic heterocycles. The summed E-state index contributed by atoms with van der Waals surface area (Å²) in [6.45, 7) is 10.9. The predicted molar refractivity (Wildman–Crippen MR) is 247 cm³/mol. The Labute approximate surface area is 377 Å². The normalized spacial score (nSPS) is 13.0. The maximum Gasteiger partial charge on any atom is 0.376 e. The van der Waals surface area contributed by atoms with Crippen molar-refractivity contribution in [1.82, 2.24) is 4.90 Å². The zero-order chi connectivity index (χ0) is 43.2. The SMILES string of the molecule is CCCCCCCCCCN(C(=O)CCC[N+](C)(C)C)C(CCCCCCCCC)CCCCCCC(F)(F)C(=O)OCC(CCCCCC)CCCCCCCC.[Br-]. The van der Waals surface area contributed by atoms with Crippen LogP contribution in [0.4, 0.5) is 8.78 Å². The predicted octanol–water partition coefficient (Wildman–Crippen LogP) is 12.8. The number of quaternary nitrogens is 1. The molecule has 0 aliphatic heterocycles. The number of nitrogens with zero attached hydrogens (tertiary/aromatic N) is 2. The maximum absolute atomic E-state index is 15.1. The molecule has 5 nitrogen and oxygen atoms in total. The van der Waals surface area contributed by atoms with Gasteiger partial charge in [-0.05, 0) is 44.4 Å². The fourth-order valence-corrected chi connectivity index (χ4v) is 8.43. The summed E-state index contributed by atoms with van der Waals surface area (Å²) in [5.41, 5.74) is 0. The maximum atomic E-state index is 15.1. The molecule has 0 aromatic carbocycles. The summed E-state index contributed by atoms with van der Waals surface area (Å²) < 4.78 is 36.3. The fraction of sp³-hybridized carbons (Fsp3) is 0.961. The molecule has 0 saturated heterocycles. The van der Waals surface area contributed by atoms with Gasteiger partial charge in [-0.2, -0.15) is 8.78 Å². The molecule has 0 spiro atoms. The molecule has 0 aliphatic rings. The highest BCUT2D eigenvalue weighted by Crippen LogP contribution is 2.27. The van der Waals surface area contributed by atoms with Gasteiger partial charge in [0.15, 0.2) is 0 Å². The Morgan fingerprint density at radius 1 is 0.525 bits per heavy atom. The molecule has 8 heteroatoms. The monoisotopic (exact) mass is 907 g/mol. The third-order valence-electron chi connectivity index (χ3n) is 12.3. The molecule has 0 fully saturated rings. The van der Waals surface area contributed by atoms with Crippen LogP contribution in [0.5, 0.6) is 0 Å². The van der Waals surface area contributed by atoms with E-state index in [1.54, 1.807) is 0 Å². The number of esters is 1. The average Bonchev–Trinajstić information content (AvgIpc) is 3.18. The van der Waals surface area contributed by atoms with E-state index in [1.807, 2.05) is 0 Å². The Balaban J connectivity index is 0. The molecule has 1 amide bonds. The van der Waals surface area contributed by atoms with Gasteiger partial charge in [0, 0.05) is 31.8 Å². The molecular weight excluding hydrogens is 806 g/mol. The van der Waals surface area contributed by atoms with Crippen LogP contribution in [0.15, 0.2) is 0 Å². The summed E-state index contributed by atoms with van der Waals surface area (Å²) >= 11 is 0. The minimum absolute atomic E-state index is 0. The number of alkyl halides is 2. The van der Waals surface area contributed by atoms with Crippen molar-refractivity contribution in [2.45, 2.75) is 271 Å². The quantitative estimate of drug-likeness (QED) is 0.0348. The number of carbonyl (C=O) groups excluding carboxylic acids is 2. The summed E-state index contributed by atoms with van der Waals surface area (Å²) in [5, 5.41) is 0. The topological polar surface area (TPSA) is 46.6 Å². The third kappa shape index (κ3) is 37.5. The summed E-state index contributed by atoms with van der Waals surface area (Å²) in [7, 11) is 6.57. The largest absolute Gasteiger partial charge is 1.00 e. The smallest absolute Gasteiger partial charge is 0.376 e. The number of ether oxygens (including phenoxy) is 1. The Hall–Kier alpha value is -0.760. The van der Waals surface area contributed by atoms with Gasteiger partial charge in [0.25, 0.3) is 0 Å². The van der Waals surface area contributed by atoms with E-state index >= 15 is 8.78 Å². The lowest BCUT2D eigenvalue weighted by Crippen LogP contribution is -3.00. The molecule has 0 aromatic rings. The van der Waals surface area contributed by atoms with Crippen molar-refractivity contribution in [2.75, 3.05) is 40.8 Å². The van der Waals surface area contributed by atoms with E-state index in [0.717, 1.165) is 101 Å². The van der Waals surface area contributed by atoms with E-state index in [4.69, 9.17) is 4.74 Å². The van der Waals surface area contributed by atoms with E-state index < -0.39 is 18.3 Å². The van der Waals surface area contributed by atoms with Crippen LogP contribution in [0.2, 0.25) is 0 Å². The highest BCUT2D eigenvalue weighted by molar-refractivity contribution is 5.77. The lowest BCUT2D eigenvalue weighted by atomic mass is 9.95. The van der Waals surface area contributed by atoms with Crippen LogP contribution in [0, 0.1) is 5.92 Å². The van der Waals surface area contributed by atoms with Gasteiger partial charge >= 0.3 is 11.9 Å². The van der Waals surface area contributed by atoms with E-state index in [-0.39, 0.29) is 35.5 Å². The van der Waals surface area contributed by atoms with Gasteiger partial charge in [0.05, 0.1) is 34.3 Å². The zero-order valence-electron chi connectivity index (χ0n) is 40.5. The Bertz CT molecular complexity index is 931. The molecular formula is C51H101BrF2N2O3. The molecule has 2 atom stereocenters. The minimum atomic E-state index is -3.43. The third-order valence-corrected chi connectivity index (χ3v) is 12.3. The fourth-order valence-electron chi connectivity index (χ4n) is 8.43. The highest BCUT2D eigenvalue weighted by Gasteiger charge is 2.40. The number of unbranched alkanes of at least 4 members (excludes halogenated alkanes) is 24. The van der Waals surface area contributed by atoms with Crippen molar-refractivity contribution < 1.29 is 44.6 Å². The summed E-state index contributed by atoms with van der Waals surface area (Å²) in [6.07, 6.45) is 38.3. The molecule has 0 radical (unpaired) electrons. The zero-order valence-corrected chi connectivity index (χ0v) is 42.1. The second-order valence-electron chi connectivity index (χ2n) is 19.3. The van der Waals surface area contributed by atoms with Gasteiger partial charge in [-0.15, -0.1) is 0 Å². The van der Waals surface area contributed by atoms with Crippen molar-refractivity contribution in [2.24, 2.45) is 5.92 Å². The Kier molecular flexibility index (Phi) is 42.2. The number of carbonyl (C=O) groups is 2. The van der Waals surface area contributed by atoms with Crippen LogP contribution in [-0.4, -0.2) is 74.1 Å². The first-order valence-electron chi connectivity index (χ1n) is 25.6. The first-order chi connectivity index (χ1) is 27.9. The van der Waals surface area contributed by atoms with Gasteiger partial charge in [-0.25, -0.2) is 4.79 Å². The van der Waals surface area contributed by atoms with E-state index in [9.17, 15) is 9.59 Å². The Morgan fingerprint density at radius 3 is 1.34 bits per heavy atom. The van der Waals surface area contributed by atoms with Crippen molar-refractivity contribution in [1.29, 1.82) is 0 Å². The molecule has 2 unspecified atom stereocenters. The average molecular weight is 908 g/mol. The van der Waals surface area contributed by atoms with Crippen molar-refractivity contribution in [3.63, 3.8) is 0 Å². The minimum Gasteiger partial charge on any atom is -1.00 e. The van der Waals surface area contributed by atoms with Crippen LogP contribution in [-0.2, 0) is 14.3 Å². The van der Waals surface area contributed by atoms with Gasteiger partial charge in [-0.1, -0.05) is 201 Å². The summed E-state index contributed by atoms with van der Waals surface area (Å²) in [6, 6.07) is 0.222. The first-order valence-corrected chi connectivity index (χ1v) is 25.6. The standard InChI is InChI=1S/C51H101F2N2O3.BrH/c1-8-12-16-20-23-25-30-36-44-54(49(56)42-37-45-55(5,6)7)48(40-33-27-24-21-17-13-9-2)41-34-28-29-35-43-51(52,53)50(57)58-46-47(38-31-19-15-11-4)39-32-26-22-18-14-10-3;/h47-48H,8-46H2,1-7H3;1H/q+1;/p-1. The summed E-state index contributed by atoms with van der Waals surface area (Å²) in [4.78, 5) is 28.8. The number of amides is 1. The van der Waals surface area contributed by atoms with Crippen LogP contribution in [0.25, 0.3) is 0 Å². The van der Waals surface area contributed by atoms with Gasteiger partial charge < -0.3 is 31.1 Å². The molecule has 0 heterocycles. The first kappa shape index (κ1) is 60.3. The van der Waals surface area contributed by atoms with Crippen molar-refractivity contribution >= 4 is 11.9 Å². The van der Waals surface area contributed by atoms with E-state index in [0.29, 0.717) is 25.2 Å². The van der Waals surface area contributed by atoms with Gasteiger partial charge in [0.1, 0.15) is 0 Å². The van der Waals surface area contributed by atoms with Crippen molar-refractivity contribution in [3.8, 4) is 0 Å². The molecule has 0 bridgehead atoms. The molecule has 0 rings (SSSR count). The number of hydrogen-bond acceptors (Lipinski definition) is 3. The van der Waals surface area contributed by atoms with Crippen molar-refractivity contribution in [3.05, 3.63) is 0 Å². The van der Waals surface area contributed by atoms with Crippen LogP contribution in [0.3, 0.4) is 0 Å².